The van der Waals surface area contributed by atoms with E-state index in [1.807, 2.05) is 0 Å². The standard InChI is InChI=1S/C41H78N4O/c1-11-17-18-26-36(31-42-33(8)23-13-3)30-41(16-6,32(7)22-12-2)45-37(15-5)27-20-19-25-34(9)43-40(46)35(10)39-29-21-28-38(44-39)24-14-4/h19,21,25,27-28,32-36,39-40,42-43,45-46H,11-18,20,22-24,26,29-31H2,1-10H3/b25-19+,37-27+/t32?,33?,34?,35?,36?,39-,40?,41?/m1/s1. The van der Waals surface area contributed by atoms with Gasteiger partial charge in [-0.25, -0.2) is 0 Å². The predicted molar refractivity (Wildman–Crippen MR) is 205 cm³/mol. The van der Waals surface area contributed by atoms with Gasteiger partial charge in [0.25, 0.3) is 0 Å². The van der Waals surface area contributed by atoms with E-state index in [-0.39, 0.29) is 23.5 Å². The third-order valence-corrected chi connectivity index (χ3v) is 10.4. The van der Waals surface area contributed by atoms with Crippen molar-refractivity contribution in [3.63, 3.8) is 0 Å². The molecule has 7 unspecified atom stereocenters. The van der Waals surface area contributed by atoms with Crippen LogP contribution in [-0.4, -0.2) is 47.3 Å². The van der Waals surface area contributed by atoms with Gasteiger partial charge >= 0.3 is 0 Å². The van der Waals surface area contributed by atoms with Gasteiger partial charge in [-0.15, -0.1) is 0 Å². The lowest BCUT2D eigenvalue weighted by molar-refractivity contribution is 0.0660. The minimum Gasteiger partial charge on any atom is -0.383 e. The molecule has 0 aromatic rings. The maximum Gasteiger partial charge on any atom is 0.109 e. The van der Waals surface area contributed by atoms with Crippen LogP contribution in [0, 0.1) is 17.8 Å². The SMILES string of the molecule is CCCCCC(CNC(C)CCC)CC(CC)(N/C(=C/C/C=C/C(C)NC(O)C(C)[C@H]1CC=CC(CCC)=N1)CC)C(C)CCC. The average molecular weight is 643 g/mol. The summed E-state index contributed by atoms with van der Waals surface area (Å²) >= 11 is 0. The number of hydrogen-bond donors (Lipinski definition) is 4. The number of allylic oxidation sites excluding steroid dienone is 4. The van der Waals surface area contributed by atoms with E-state index in [2.05, 4.69) is 116 Å². The predicted octanol–water partition coefficient (Wildman–Crippen LogP) is 10.3. The monoisotopic (exact) mass is 643 g/mol. The van der Waals surface area contributed by atoms with Crippen molar-refractivity contribution in [2.75, 3.05) is 6.54 Å². The Hall–Kier alpha value is -1.43. The number of rotatable bonds is 27. The van der Waals surface area contributed by atoms with E-state index in [0.717, 1.165) is 45.1 Å². The van der Waals surface area contributed by atoms with E-state index < -0.39 is 6.23 Å². The second-order valence-electron chi connectivity index (χ2n) is 14.6. The van der Waals surface area contributed by atoms with Gasteiger partial charge in [-0.2, -0.15) is 0 Å². The number of dihydropyridines is 1. The zero-order valence-electron chi connectivity index (χ0n) is 32.1. The van der Waals surface area contributed by atoms with Crippen molar-refractivity contribution < 1.29 is 5.11 Å². The van der Waals surface area contributed by atoms with E-state index >= 15 is 0 Å². The summed E-state index contributed by atoms with van der Waals surface area (Å²) in [6.45, 7) is 24.0. The summed E-state index contributed by atoms with van der Waals surface area (Å²) in [4.78, 5) is 4.92. The topological polar surface area (TPSA) is 68.7 Å². The summed E-state index contributed by atoms with van der Waals surface area (Å²) in [5.41, 5.74) is 2.64. The van der Waals surface area contributed by atoms with Crippen molar-refractivity contribution in [2.45, 2.75) is 195 Å². The number of aliphatic imine (C=N–C) groups is 1. The molecule has 268 valence electrons. The number of hydrogen-bond acceptors (Lipinski definition) is 5. The lowest BCUT2D eigenvalue weighted by Gasteiger charge is -2.44. The molecule has 0 aromatic heterocycles. The molecule has 4 N–H and O–H groups in total. The number of nitrogens with one attached hydrogen (secondary N) is 3. The zero-order chi connectivity index (χ0) is 34.4. The summed E-state index contributed by atoms with van der Waals surface area (Å²) in [5, 5.41) is 22.5. The zero-order valence-corrected chi connectivity index (χ0v) is 32.1. The van der Waals surface area contributed by atoms with Crippen LogP contribution in [0.5, 0.6) is 0 Å². The second-order valence-corrected chi connectivity index (χ2v) is 14.6. The fraction of sp³-hybridized carbons (Fsp3) is 0.829. The van der Waals surface area contributed by atoms with Crippen LogP contribution in [0.4, 0.5) is 0 Å². The Kier molecular flexibility index (Phi) is 22.8. The van der Waals surface area contributed by atoms with E-state index in [1.165, 1.54) is 69.2 Å². The molecular formula is C41H78N4O. The largest absolute Gasteiger partial charge is 0.383 e. The van der Waals surface area contributed by atoms with Crippen molar-refractivity contribution >= 4 is 5.71 Å². The third kappa shape index (κ3) is 16.1. The first kappa shape index (κ1) is 42.6. The van der Waals surface area contributed by atoms with Crippen LogP contribution in [-0.2, 0) is 0 Å². The molecule has 0 saturated carbocycles. The number of aliphatic hydroxyl groups is 1. The molecule has 5 nitrogen and oxygen atoms in total. The molecule has 1 rings (SSSR count). The molecular weight excluding hydrogens is 564 g/mol. The molecule has 1 aliphatic rings. The molecule has 0 spiro atoms. The molecule has 46 heavy (non-hydrogen) atoms. The highest BCUT2D eigenvalue weighted by Crippen LogP contribution is 2.35. The minimum absolute atomic E-state index is 0.0616. The average Bonchev–Trinajstić information content (AvgIpc) is 3.04. The molecule has 0 aliphatic carbocycles. The molecule has 5 heteroatoms. The lowest BCUT2D eigenvalue weighted by Crippen LogP contribution is -2.52. The van der Waals surface area contributed by atoms with Gasteiger partial charge in [0.15, 0.2) is 0 Å². The maximum absolute atomic E-state index is 11.0. The van der Waals surface area contributed by atoms with Crippen molar-refractivity contribution in [3.05, 3.63) is 36.1 Å². The first-order valence-corrected chi connectivity index (χ1v) is 19.6. The Labute approximate surface area is 287 Å². The van der Waals surface area contributed by atoms with Crippen LogP contribution in [0.15, 0.2) is 41.1 Å². The van der Waals surface area contributed by atoms with E-state index in [0.29, 0.717) is 17.9 Å². The van der Waals surface area contributed by atoms with Gasteiger partial charge in [0.2, 0.25) is 0 Å². The van der Waals surface area contributed by atoms with Crippen molar-refractivity contribution in [1.29, 1.82) is 0 Å². The molecule has 0 saturated heterocycles. The Morgan fingerprint density at radius 1 is 0.978 bits per heavy atom. The number of unbranched alkanes of at least 4 members (excludes halogenated alkanes) is 2. The summed E-state index contributed by atoms with van der Waals surface area (Å²) in [6.07, 6.45) is 28.2. The van der Waals surface area contributed by atoms with Gasteiger partial charge in [0, 0.05) is 34.9 Å². The van der Waals surface area contributed by atoms with Gasteiger partial charge in [-0.05, 0) is 96.1 Å². The van der Waals surface area contributed by atoms with Crippen LogP contribution >= 0.6 is 0 Å². The molecule has 8 atom stereocenters. The quantitative estimate of drug-likeness (QED) is 0.0409. The van der Waals surface area contributed by atoms with Gasteiger partial charge in [0.1, 0.15) is 6.23 Å². The van der Waals surface area contributed by atoms with E-state index in [9.17, 15) is 5.11 Å². The highest BCUT2D eigenvalue weighted by atomic mass is 16.3. The van der Waals surface area contributed by atoms with Gasteiger partial charge < -0.3 is 15.7 Å². The Morgan fingerprint density at radius 3 is 2.35 bits per heavy atom. The first-order valence-electron chi connectivity index (χ1n) is 19.6. The van der Waals surface area contributed by atoms with Crippen LogP contribution in [0.25, 0.3) is 0 Å². The van der Waals surface area contributed by atoms with Crippen LogP contribution in [0.3, 0.4) is 0 Å². The smallest absolute Gasteiger partial charge is 0.109 e. The lowest BCUT2D eigenvalue weighted by atomic mass is 9.72. The van der Waals surface area contributed by atoms with Gasteiger partial charge in [-0.3, -0.25) is 10.3 Å². The summed E-state index contributed by atoms with van der Waals surface area (Å²) in [7, 11) is 0. The van der Waals surface area contributed by atoms with Crippen molar-refractivity contribution in [3.8, 4) is 0 Å². The van der Waals surface area contributed by atoms with Gasteiger partial charge in [0.05, 0.1) is 6.04 Å². The number of aliphatic hydroxyl groups excluding tert-OH is 1. The Bertz CT molecular complexity index is 895. The molecule has 1 aliphatic heterocycles. The molecule has 0 bridgehead atoms. The van der Waals surface area contributed by atoms with Crippen molar-refractivity contribution in [2.24, 2.45) is 22.7 Å². The van der Waals surface area contributed by atoms with Crippen LogP contribution < -0.4 is 16.0 Å². The number of nitrogens with zero attached hydrogens (tertiary/aromatic N) is 1. The minimum atomic E-state index is -0.582. The molecule has 0 aromatic carbocycles. The fourth-order valence-electron chi connectivity index (χ4n) is 7.22. The summed E-state index contributed by atoms with van der Waals surface area (Å²) in [5.74, 6) is 1.36. The van der Waals surface area contributed by atoms with E-state index in [4.69, 9.17) is 4.99 Å². The van der Waals surface area contributed by atoms with Gasteiger partial charge in [-0.1, -0.05) is 118 Å². The highest BCUT2D eigenvalue weighted by Gasteiger charge is 2.36. The van der Waals surface area contributed by atoms with Crippen LogP contribution in [0.2, 0.25) is 0 Å². The molecule has 0 fully saturated rings. The first-order chi connectivity index (χ1) is 22.1. The maximum atomic E-state index is 11.0. The van der Waals surface area contributed by atoms with Crippen molar-refractivity contribution in [1.82, 2.24) is 16.0 Å². The molecule has 0 amide bonds. The highest BCUT2D eigenvalue weighted by molar-refractivity contribution is 5.95. The second kappa shape index (κ2) is 24.7. The fourth-order valence-corrected chi connectivity index (χ4v) is 7.22. The third-order valence-electron chi connectivity index (χ3n) is 10.4. The summed E-state index contributed by atoms with van der Waals surface area (Å²) < 4.78 is 0. The molecule has 1 heterocycles. The summed E-state index contributed by atoms with van der Waals surface area (Å²) in [6, 6.07) is 0.821. The normalized spacial score (nSPS) is 21.0. The Morgan fingerprint density at radius 2 is 1.72 bits per heavy atom. The van der Waals surface area contributed by atoms with E-state index in [1.54, 1.807) is 0 Å². The molecule has 0 radical (unpaired) electrons. The van der Waals surface area contributed by atoms with Crippen LogP contribution in [0.1, 0.15) is 166 Å². The Balaban J connectivity index is 2.94.